The zero-order valence-corrected chi connectivity index (χ0v) is 12.0. The molecule has 0 aliphatic carbocycles. The molecule has 1 fully saturated rings. The minimum absolute atomic E-state index is 0.863. The fraction of sp³-hybridized carbons (Fsp3) is 0.471. The molecule has 106 valence electrons. The van der Waals surface area contributed by atoms with E-state index in [1.165, 1.54) is 37.9 Å². The molecule has 0 radical (unpaired) electrons. The molecule has 0 N–H and O–H groups in total. The van der Waals surface area contributed by atoms with Gasteiger partial charge in [0.05, 0.1) is 6.33 Å². The zero-order valence-electron chi connectivity index (χ0n) is 12.0. The van der Waals surface area contributed by atoms with Crippen LogP contribution in [0.25, 0.3) is 0 Å². The summed E-state index contributed by atoms with van der Waals surface area (Å²) in [5, 5.41) is 0. The molecule has 1 aliphatic heterocycles. The van der Waals surface area contributed by atoms with Gasteiger partial charge in [-0.15, -0.1) is 0 Å². The highest BCUT2D eigenvalue weighted by molar-refractivity contribution is 5.15. The third kappa shape index (κ3) is 3.70. The van der Waals surface area contributed by atoms with Crippen LogP contribution in [0.1, 0.15) is 18.4 Å². The number of nitrogens with zero attached hydrogens (tertiary/aromatic N) is 3. The van der Waals surface area contributed by atoms with E-state index in [0.717, 1.165) is 19.0 Å². The summed E-state index contributed by atoms with van der Waals surface area (Å²) >= 11 is 0. The topological polar surface area (TPSA) is 21.1 Å². The fourth-order valence-electron chi connectivity index (χ4n) is 3.04. The van der Waals surface area contributed by atoms with Crippen LogP contribution in [0.15, 0.2) is 49.1 Å². The van der Waals surface area contributed by atoms with Crippen LogP contribution in [-0.2, 0) is 13.0 Å². The largest absolute Gasteiger partial charge is 0.336 e. The molecule has 0 saturated carbocycles. The van der Waals surface area contributed by atoms with E-state index < -0.39 is 0 Å². The second-order valence-corrected chi connectivity index (χ2v) is 5.78. The lowest BCUT2D eigenvalue weighted by Crippen LogP contribution is -2.36. The Balaban J connectivity index is 1.40. The summed E-state index contributed by atoms with van der Waals surface area (Å²) in [6, 6.07) is 10.9. The number of benzene rings is 1. The average molecular weight is 269 g/mol. The van der Waals surface area contributed by atoms with Gasteiger partial charge in [0.2, 0.25) is 0 Å². The van der Waals surface area contributed by atoms with Crippen LogP contribution in [0, 0.1) is 5.92 Å². The Morgan fingerprint density at radius 1 is 1.05 bits per heavy atom. The van der Waals surface area contributed by atoms with Crippen molar-refractivity contribution in [3.05, 3.63) is 54.6 Å². The van der Waals surface area contributed by atoms with Gasteiger partial charge in [0, 0.05) is 25.5 Å². The van der Waals surface area contributed by atoms with Crippen LogP contribution in [0.3, 0.4) is 0 Å². The third-order valence-corrected chi connectivity index (χ3v) is 4.31. The van der Waals surface area contributed by atoms with E-state index in [4.69, 9.17) is 0 Å². The molecule has 2 heterocycles. The second kappa shape index (κ2) is 6.71. The summed E-state index contributed by atoms with van der Waals surface area (Å²) in [6.07, 6.45) is 9.71. The molecule has 3 nitrogen and oxygen atoms in total. The molecular weight excluding hydrogens is 246 g/mol. The summed E-state index contributed by atoms with van der Waals surface area (Å²) < 4.78 is 2.16. The van der Waals surface area contributed by atoms with Gasteiger partial charge in [0.15, 0.2) is 0 Å². The lowest BCUT2D eigenvalue weighted by Gasteiger charge is -2.32. The Morgan fingerprint density at radius 2 is 1.85 bits per heavy atom. The Labute approximate surface area is 121 Å². The predicted molar refractivity (Wildman–Crippen MR) is 81.5 cm³/mol. The molecule has 1 aromatic heterocycles. The number of likely N-dealkylation sites (tertiary alicyclic amines) is 1. The molecule has 0 spiro atoms. The SMILES string of the molecule is c1ccc(CC2CCN(CCn3ccnc3)CC2)cc1. The molecule has 0 bridgehead atoms. The van der Waals surface area contributed by atoms with E-state index in [1.807, 2.05) is 18.7 Å². The maximum atomic E-state index is 4.09. The van der Waals surface area contributed by atoms with Crippen molar-refractivity contribution in [3.63, 3.8) is 0 Å². The second-order valence-electron chi connectivity index (χ2n) is 5.78. The minimum atomic E-state index is 0.863. The van der Waals surface area contributed by atoms with E-state index in [2.05, 4.69) is 44.8 Å². The predicted octanol–water partition coefficient (Wildman–Crippen LogP) is 2.84. The van der Waals surface area contributed by atoms with Crippen molar-refractivity contribution < 1.29 is 0 Å². The summed E-state index contributed by atoms with van der Waals surface area (Å²) in [7, 11) is 0. The summed E-state index contributed by atoms with van der Waals surface area (Å²) in [4.78, 5) is 6.67. The highest BCUT2D eigenvalue weighted by Crippen LogP contribution is 2.21. The summed E-state index contributed by atoms with van der Waals surface area (Å²) in [5.74, 6) is 0.863. The molecule has 3 heteroatoms. The van der Waals surface area contributed by atoms with Crippen molar-refractivity contribution in [3.8, 4) is 0 Å². The van der Waals surface area contributed by atoms with Crippen molar-refractivity contribution in [2.75, 3.05) is 19.6 Å². The van der Waals surface area contributed by atoms with Crippen LogP contribution in [-0.4, -0.2) is 34.1 Å². The number of piperidine rings is 1. The normalized spacial score (nSPS) is 17.4. The Morgan fingerprint density at radius 3 is 2.55 bits per heavy atom. The van der Waals surface area contributed by atoms with Gasteiger partial charge in [0.1, 0.15) is 0 Å². The first-order chi connectivity index (χ1) is 9.90. The highest BCUT2D eigenvalue weighted by atomic mass is 15.2. The Bertz CT molecular complexity index is 484. The van der Waals surface area contributed by atoms with Crippen molar-refractivity contribution in [2.45, 2.75) is 25.8 Å². The van der Waals surface area contributed by atoms with Crippen molar-refractivity contribution in [2.24, 2.45) is 5.92 Å². The highest BCUT2D eigenvalue weighted by Gasteiger charge is 2.18. The van der Waals surface area contributed by atoms with Crippen molar-refractivity contribution in [1.29, 1.82) is 0 Å². The van der Waals surface area contributed by atoms with Crippen molar-refractivity contribution in [1.82, 2.24) is 14.5 Å². The van der Waals surface area contributed by atoms with Gasteiger partial charge < -0.3 is 9.47 Å². The maximum Gasteiger partial charge on any atom is 0.0946 e. The van der Waals surface area contributed by atoms with Crippen LogP contribution in [0.4, 0.5) is 0 Å². The smallest absolute Gasteiger partial charge is 0.0946 e. The molecule has 1 saturated heterocycles. The molecule has 0 amide bonds. The summed E-state index contributed by atoms with van der Waals surface area (Å²) in [6.45, 7) is 4.69. The van der Waals surface area contributed by atoms with Gasteiger partial charge in [0.25, 0.3) is 0 Å². The van der Waals surface area contributed by atoms with E-state index in [1.54, 1.807) is 0 Å². The van der Waals surface area contributed by atoms with Crippen LogP contribution < -0.4 is 0 Å². The van der Waals surface area contributed by atoms with Gasteiger partial charge >= 0.3 is 0 Å². The fourth-order valence-corrected chi connectivity index (χ4v) is 3.04. The average Bonchev–Trinajstić information content (AvgIpc) is 3.01. The van der Waals surface area contributed by atoms with Crippen LogP contribution >= 0.6 is 0 Å². The van der Waals surface area contributed by atoms with Gasteiger partial charge in [-0.3, -0.25) is 0 Å². The van der Waals surface area contributed by atoms with Gasteiger partial charge in [-0.1, -0.05) is 30.3 Å². The van der Waals surface area contributed by atoms with E-state index in [9.17, 15) is 0 Å². The first-order valence-electron chi connectivity index (χ1n) is 7.62. The molecule has 0 unspecified atom stereocenters. The first-order valence-corrected chi connectivity index (χ1v) is 7.62. The molecular formula is C17H23N3. The summed E-state index contributed by atoms with van der Waals surface area (Å²) in [5.41, 5.74) is 1.49. The lowest BCUT2D eigenvalue weighted by atomic mass is 9.90. The van der Waals surface area contributed by atoms with Gasteiger partial charge in [-0.25, -0.2) is 4.98 Å². The standard InChI is InChI=1S/C17H23N3/c1-2-4-16(5-3-1)14-17-6-9-19(10-7-17)12-13-20-11-8-18-15-20/h1-5,8,11,15,17H,6-7,9-10,12-14H2. The monoisotopic (exact) mass is 269 g/mol. The molecule has 3 rings (SSSR count). The van der Waals surface area contributed by atoms with Gasteiger partial charge in [-0.05, 0) is 43.8 Å². The molecule has 20 heavy (non-hydrogen) atoms. The van der Waals surface area contributed by atoms with E-state index >= 15 is 0 Å². The first kappa shape index (κ1) is 13.4. The Hall–Kier alpha value is -1.61. The lowest BCUT2D eigenvalue weighted by molar-refractivity contribution is 0.178. The number of aromatic nitrogens is 2. The Kier molecular flexibility index (Phi) is 4.49. The quantitative estimate of drug-likeness (QED) is 0.832. The number of hydrogen-bond acceptors (Lipinski definition) is 2. The number of hydrogen-bond donors (Lipinski definition) is 0. The maximum absolute atomic E-state index is 4.09. The van der Waals surface area contributed by atoms with E-state index in [0.29, 0.717) is 0 Å². The molecule has 1 aliphatic rings. The van der Waals surface area contributed by atoms with Gasteiger partial charge in [-0.2, -0.15) is 0 Å². The number of rotatable bonds is 5. The van der Waals surface area contributed by atoms with E-state index in [-0.39, 0.29) is 0 Å². The third-order valence-electron chi connectivity index (χ3n) is 4.31. The number of imidazole rings is 1. The van der Waals surface area contributed by atoms with Crippen LogP contribution in [0.2, 0.25) is 0 Å². The molecule has 1 aromatic carbocycles. The van der Waals surface area contributed by atoms with Crippen molar-refractivity contribution >= 4 is 0 Å². The molecule has 0 atom stereocenters. The molecule has 2 aromatic rings. The zero-order chi connectivity index (χ0) is 13.6. The van der Waals surface area contributed by atoms with Crippen LogP contribution in [0.5, 0.6) is 0 Å². The minimum Gasteiger partial charge on any atom is -0.336 e.